The average molecular weight is 490 g/mol. The van der Waals surface area contributed by atoms with Crippen LogP contribution in [0.25, 0.3) is 11.4 Å². The molecule has 2 aromatic carbocycles. The molecule has 4 N–H and O–H groups in total. The van der Waals surface area contributed by atoms with Crippen LogP contribution in [0.5, 0.6) is 0 Å². The molecular formula is C21H27IN6. The van der Waals surface area contributed by atoms with Gasteiger partial charge in [-0.15, -0.1) is 24.0 Å². The van der Waals surface area contributed by atoms with Crippen LogP contribution >= 0.6 is 24.0 Å². The topological polar surface area (TPSA) is 92.0 Å². The molecule has 0 aliphatic heterocycles. The van der Waals surface area contributed by atoms with Crippen molar-refractivity contribution in [1.82, 2.24) is 15.2 Å². The van der Waals surface area contributed by atoms with Gasteiger partial charge in [0.2, 0.25) is 0 Å². The number of aromatic amines is 1. The first kappa shape index (κ1) is 21.9. The third kappa shape index (κ3) is 5.79. The van der Waals surface area contributed by atoms with E-state index in [4.69, 9.17) is 5.73 Å². The molecule has 0 fully saturated rings. The Morgan fingerprint density at radius 3 is 2.61 bits per heavy atom. The number of hydrogen-bond acceptors (Lipinski definition) is 3. The van der Waals surface area contributed by atoms with Crippen LogP contribution in [0.3, 0.4) is 0 Å². The van der Waals surface area contributed by atoms with E-state index in [0.29, 0.717) is 24.2 Å². The Balaban J connectivity index is 0.00000280. The zero-order valence-electron chi connectivity index (χ0n) is 16.4. The normalized spacial score (nSPS) is 12.3. The summed E-state index contributed by atoms with van der Waals surface area (Å²) in [6.07, 6.45) is 1.13. The molecule has 28 heavy (non-hydrogen) atoms. The van der Waals surface area contributed by atoms with Gasteiger partial charge in [0.1, 0.15) is 5.82 Å². The van der Waals surface area contributed by atoms with Gasteiger partial charge in [-0.25, -0.2) is 9.98 Å². The summed E-state index contributed by atoms with van der Waals surface area (Å²) >= 11 is 0. The minimum atomic E-state index is 0. The molecule has 0 saturated carbocycles. The molecule has 7 heteroatoms. The van der Waals surface area contributed by atoms with Gasteiger partial charge in [0.25, 0.3) is 0 Å². The Labute approximate surface area is 183 Å². The number of hydrogen-bond donors (Lipinski definition) is 3. The first-order valence-corrected chi connectivity index (χ1v) is 9.20. The van der Waals surface area contributed by atoms with E-state index in [1.54, 1.807) is 0 Å². The van der Waals surface area contributed by atoms with Crippen LogP contribution in [0.4, 0.5) is 5.69 Å². The van der Waals surface area contributed by atoms with Gasteiger partial charge >= 0.3 is 0 Å². The summed E-state index contributed by atoms with van der Waals surface area (Å²) in [5, 5.41) is 10.2. The van der Waals surface area contributed by atoms with Gasteiger partial charge in [0.15, 0.2) is 11.8 Å². The highest BCUT2D eigenvalue weighted by Crippen LogP contribution is 2.20. The smallest absolute Gasteiger partial charge is 0.193 e. The number of aryl methyl sites for hydroxylation is 1. The fourth-order valence-corrected chi connectivity index (χ4v) is 2.78. The number of halogens is 1. The molecule has 3 rings (SSSR count). The number of aromatic nitrogens is 3. The number of nitrogens with zero attached hydrogens (tertiary/aromatic N) is 3. The number of rotatable bonds is 6. The zero-order chi connectivity index (χ0) is 19.2. The van der Waals surface area contributed by atoms with Crippen molar-refractivity contribution in [1.29, 1.82) is 0 Å². The number of nitrogens with two attached hydrogens (primary N) is 1. The summed E-state index contributed by atoms with van der Waals surface area (Å²) in [5.74, 6) is 2.43. The number of benzene rings is 2. The van der Waals surface area contributed by atoms with E-state index in [1.165, 1.54) is 5.56 Å². The number of H-pyrrole nitrogens is 1. The van der Waals surface area contributed by atoms with Crippen LogP contribution in [-0.2, 0) is 6.54 Å². The summed E-state index contributed by atoms with van der Waals surface area (Å²) in [5.41, 5.74) is 10.3. The highest BCUT2D eigenvalue weighted by Gasteiger charge is 2.05. The number of aliphatic imine (C=N–C) groups is 1. The van der Waals surface area contributed by atoms with Crippen molar-refractivity contribution in [3.05, 3.63) is 65.5 Å². The van der Waals surface area contributed by atoms with Crippen LogP contribution in [0.15, 0.2) is 53.5 Å². The van der Waals surface area contributed by atoms with Gasteiger partial charge in [0.05, 0.1) is 6.54 Å². The van der Waals surface area contributed by atoms with Crippen molar-refractivity contribution in [3.63, 3.8) is 0 Å². The van der Waals surface area contributed by atoms with Gasteiger partial charge in [0, 0.05) is 11.3 Å². The molecule has 0 spiro atoms. The molecule has 0 aliphatic rings. The molecule has 1 aromatic heterocycles. The predicted octanol–water partition coefficient (Wildman–Crippen LogP) is 4.84. The zero-order valence-corrected chi connectivity index (χ0v) is 18.8. The van der Waals surface area contributed by atoms with Crippen molar-refractivity contribution in [3.8, 4) is 11.4 Å². The number of nitrogens with one attached hydrogen (secondary N) is 2. The molecule has 148 valence electrons. The Kier molecular flexibility index (Phi) is 7.98. The summed E-state index contributed by atoms with van der Waals surface area (Å²) in [6, 6.07) is 16.3. The van der Waals surface area contributed by atoms with E-state index in [1.807, 2.05) is 43.3 Å². The molecule has 1 heterocycles. The second-order valence-corrected chi connectivity index (χ2v) is 6.70. The summed E-state index contributed by atoms with van der Waals surface area (Å²) in [6.45, 7) is 6.79. The number of anilines is 1. The monoisotopic (exact) mass is 490 g/mol. The van der Waals surface area contributed by atoms with Gasteiger partial charge in [-0.05, 0) is 48.6 Å². The van der Waals surface area contributed by atoms with Gasteiger partial charge < -0.3 is 11.1 Å². The summed E-state index contributed by atoms with van der Waals surface area (Å²) < 4.78 is 0. The lowest BCUT2D eigenvalue weighted by atomic mass is 9.99. The Morgan fingerprint density at radius 2 is 1.96 bits per heavy atom. The third-order valence-corrected chi connectivity index (χ3v) is 4.58. The van der Waals surface area contributed by atoms with E-state index < -0.39 is 0 Å². The standard InChI is InChI=1S/C21H26N6.HI/c1-4-14(2)17-8-10-19(11-9-17)25-21(22)23-13-16-6-5-7-18(12-16)20-24-15(3)26-27-20;/h5-12,14H,4,13H2,1-3H3,(H3,22,23,25)(H,24,26,27);1H. The van der Waals surface area contributed by atoms with Crippen LogP contribution < -0.4 is 11.1 Å². The van der Waals surface area contributed by atoms with Crippen molar-refractivity contribution in [2.75, 3.05) is 5.32 Å². The molecule has 1 atom stereocenters. The number of guanidine groups is 1. The Bertz CT molecular complexity index is 917. The maximum Gasteiger partial charge on any atom is 0.193 e. The van der Waals surface area contributed by atoms with E-state index >= 15 is 0 Å². The van der Waals surface area contributed by atoms with E-state index in [0.717, 1.165) is 29.1 Å². The van der Waals surface area contributed by atoms with Crippen molar-refractivity contribution < 1.29 is 0 Å². The SMILES string of the molecule is CCC(C)c1ccc(NC(N)=NCc2cccc(-c3n[nH]c(C)n3)c2)cc1.I. The van der Waals surface area contributed by atoms with Gasteiger partial charge in [-0.3, -0.25) is 5.10 Å². The first-order chi connectivity index (χ1) is 13.0. The molecule has 1 unspecified atom stereocenters. The van der Waals surface area contributed by atoms with Crippen LogP contribution in [0.2, 0.25) is 0 Å². The van der Waals surface area contributed by atoms with Gasteiger partial charge in [-0.2, -0.15) is 5.10 Å². The van der Waals surface area contributed by atoms with Gasteiger partial charge in [-0.1, -0.05) is 44.2 Å². The molecule has 0 aliphatic carbocycles. The van der Waals surface area contributed by atoms with Crippen molar-refractivity contribution in [2.24, 2.45) is 10.7 Å². The molecule has 0 amide bonds. The Hall–Kier alpha value is -2.42. The Morgan fingerprint density at radius 1 is 1.21 bits per heavy atom. The van der Waals surface area contributed by atoms with Crippen LogP contribution in [0, 0.1) is 6.92 Å². The maximum absolute atomic E-state index is 6.04. The lowest BCUT2D eigenvalue weighted by molar-refractivity contribution is 0.734. The fraction of sp³-hybridized carbons (Fsp3) is 0.286. The second kappa shape index (κ2) is 10.2. The lowest BCUT2D eigenvalue weighted by Gasteiger charge is -2.11. The first-order valence-electron chi connectivity index (χ1n) is 9.20. The quantitative estimate of drug-likeness (QED) is 0.262. The lowest BCUT2D eigenvalue weighted by Crippen LogP contribution is -2.22. The van der Waals surface area contributed by atoms with Crippen molar-refractivity contribution >= 4 is 35.6 Å². The molecule has 0 saturated heterocycles. The van der Waals surface area contributed by atoms with E-state index in [9.17, 15) is 0 Å². The second-order valence-electron chi connectivity index (χ2n) is 6.70. The average Bonchev–Trinajstić information content (AvgIpc) is 3.13. The maximum atomic E-state index is 6.04. The minimum Gasteiger partial charge on any atom is -0.370 e. The molecular weight excluding hydrogens is 463 g/mol. The minimum absolute atomic E-state index is 0. The molecule has 3 aromatic rings. The molecule has 0 radical (unpaired) electrons. The summed E-state index contributed by atoms with van der Waals surface area (Å²) in [4.78, 5) is 8.80. The van der Waals surface area contributed by atoms with Crippen molar-refractivity contribution in [2.45, 2.75) is 39.7 Å². The highest BCUT2D eigenvalue weighted by atomic mass is 127. The van der Waals surface area contributed by atoms with Crippen LogP contribution in [0.1, 0.15) is 43.1 Å². The predicted molar refractivity (Wildman–Crippen MR) is 126 cm³/mol. The molecule has 0 bridgehead atoms. The third-order valence-electron chi connectivity index (χ3n) is 4.58. The van der Waals surface area contributed by atoms with Crippen LogP contribution in [-0.4, -0.2) is 21.1 Å². The van der Waals surface area contributed by atoms with E-state index in [-0.39, 0.29) is 24.0 Å². The highest BCUT2D eigenvalue weighted by molar-refractivity contribution is 14.0. The fourth-order valence-electron chi connectivity index (χ4n) is 2.78. The van der Waals surface area contributed by atoms with E-state index in [2.05, 4.69) is 51.5 Å². The molecule has 6 nitrogen and oxygen atoms in total. The largest absolute Gasteiger partial charge is 0.370 e. The summed E-state index contributed by atoms with van der Waals surface area (Å²) in [7, 11) is 0.